The molecule has 1 N–H and O–H groups in total. The van der Waals surface area contributed by atoms with Gasteiger partial charge >= 0.3 is 0 Å². The molecule has 3 heteroatoms. The Morgan fingerprint density at radius 2 is 1.43 bits per heavy atom. The first-order valence-electron chi connectivity index (χ1n) is 5.83. The SMILES string of the molecule is CCCCN(CCCC)CCCSO. The van der Waals surface area contributed by atoms with Gasteiger partial charge in [0.15, 0.2) is 0 Å². The maximum absolute atomic E-state index is 8.63. The van der Waals surface area contributed by atoms with Crippen molar-refractivity contribution < 1.29 is 4.55 Å². The lowest BCUT2D eigenvalue weighted by molar-refractivity contribution is 0.266. The second-order valence-corrected chi connectivity index (χ2v) is 4.40. The Kier molecular flexibility index (Phi) is 11.6. The van der Waals surface area contributed by atoms with Crippen LogP contribution in [0.1, 0.15) is 46.0 Å². The largest absolute Gasteiger partial charge is 0.330 e. The second kappa shape index (κ2) is 11.3. The first-order chi connectivity index (χ1) is 6.85. The van der Waals surface area contributed by atoms with E-state index in [0.29, 0.717) is 0 Å². The highest BCUT2D eigenvalue weighted by atomic mass is 32.2. The Morgan fingerprint density at radius 1 is 0.929 bits per heavy atom. The molecule has 0 saturated heterocycles. The molecule has 0 unspecified atom stereocenters. The maximum atomic E-state index is 8.63. The van der Waals surface area contributed by atoms with Crippen LogP contribution in [-0.4, -0.2) is 34.8 Å². The number of hydrogen-bond donors (Lipinski definition) is 1. The molecule has 0 bridgehead atoms. The molecule has 0 fully saturated rings. The van der Waals surface area contributed by atoms with Crippen LogP contribution in [0, 0.1) is 0 Å². The first-order valence-corrected chi connectivity index (χ1v) is 6.78. The molecular formula is C11H25NOS. The minimum Gasteiger partial charge on any atom is -0.330 e. The molecule has 0 aromatic heterocycles. The van der Waals surface area contributed by atoms with Crippen molar-refractivity contribution in [3.05, 3.63) is 0 Å². The van der Waals surface area contributed by atoms with Gasteiger partial charge in [0.05, 0.1) is 0 Å². The van der Waals surface area contributed by atoms with Crippen molar-refractivity contribution in [2.24, 2.45) is 0 Å². The molecule has 0 spiro atoms. The molecule has 0 aliphatic heterocycles. The van der Waals surface area contributed by atoms with E-state index in [1.54, 1.807) is 0 Å². The fourth-order valence-corrected chi connectivity index (χ4v) is 1.71. The van der Waals surface area contributed by atoms with Gasteiger partial charge in [-0.15, -0.1) is 0 Å². The fourth-order valence-electron chi connectivity index (χ4n) is 1.45. The van der Waals surface area contributed by atoms with E-state index in [1.165, 1.54) is 38.8 Å². The van der Waals surface area contributed by atoms with Crippen LogP contribution < -0.4 is 0 Å². The van der Waals surface area contributed by atoms with Crippen LogP contribution >= 0.6 is 12.0 Å². The molecule has 0 aromatic carbocycles. The van der Waals surface area contributed by atoms with E-state index < -0.39 is 0 Å². The molecule has 0 aromatic rings. The van der Waals surface area contributed by atoms with Gasteiger partial charge in [-0.1, -0.05) is 26.7 Å². The number of nitrogens with zero attached hydrogens (tertiary/aromatic N) is 1. The molecule has 0 radical (unpaired) electrons. The highest BCUT2D eigenvalue weighted by Gasteiger charge is 2.02. The van der Waals surface area contributed by atoms with Gasteiger partial charge in [0, 0.05) is 5.75 Å². The molecular weight excluding hydrogens is 194 g/mol. The standard InChI is InChI=1S/C11H25NOS/c1-3-5-8-12(9-6-4-2)10-7-11-14-13/h13H,3-11H2,1-2H3. The van der Waals surface area contributed by atoms with Gasteiger partial charge in [0.25, 0.3) is 0 Å². The summed E-state index contributed by atoms with van der Waals surface area (Å²) in [5.41, 5.74) is 0. The van der Waals surface area contributed by atoms with Gasteiger partial charge in [-0.25, -0.2) is 0 Å². The van der Waals surface area contributed by atoms with Gasteiger partial charge in [-0.2, -0.15) is 0 Å². The monoisotopic (exact) mass is 219 g/mol. The van der Waals surface area contributed by atoms with Crippen molar-refractivity contribution in [2.75, 3.05) is 25.4 Å². The number of unbranched alkanes of at least 4 members (excludes halogenated alkanes) is 2. The van der Waals surface area contributed by atoms with Crippen LogP contribution in [0.4, 0.5) is 0 Å². The molecule has 0 aliphatic rings. The zero-order valence-electron chi connectivity index (χ0n) is 9.67. The summed E-state index contributed by atoms with van der Waals surface area (Å²) in [6, 6.07) is 0. The van der Waals surface area contributed by atoms with Gasteiger partial charge in [-0.05, 0) is 50.9 Å². The van der Waals surface area contributed by atoms with Crippen molar-refractivity contribution in [3.63, 3.8) is 0 Å². The Bertz CT molecular complexity index is 103. The van der Waals surface area contributed by atoms with E-state index in [1.807, 2.05) is 0 Å². The van der Waals surface area contributed by atoms with Crippen LogP contribution in [0.5, 0.6) is 0 Å². The lowest BCUT2D eigenvalue weighted by Gasteiger charge is -2.21. The summed E-state index contributed by atoms with van der Waals surface area (Å²) in [6.45, 7) is 8.08. The minimum absolute atomic E-state index is 0.870. The molecule has 0 amide bonds. The third-order valence-corrected chi connectivity index (χ3v) is 2.84. The highest BCUT2D eigenvalue weighted by Crippen LogP contribution is 2.02. The highest BCUT2D eigenvalue weighted by molar-refractivity contribution is 7.93. The summed E-state index contributed by atoms with van der Waals surface area (Å²) in [4.78, 5) is 2.53. The average Bonchev–Trinajstić information content (AvgIpc) is 2.21. The van der Waals surface area contributed by atoms with Crippen LogP contribution in [0.3, 0.4) is 0 Å². The van der Waals surface area contributed by atoms with Crippen LogP contribution in [0.2, 0.25) is 0 Å². The van der Waals surface area contributed by atoms with Crippen LogP contribution in [0.25, 0.3) is 0 Å². The summed E-state index contributed by atoms with van der Waals surface area (Å²) in [5.74, 6) is 0.870. The smallest absolute Gasteiger partial charge is 0.0207 e. The molecule has 0 rings (SSSR count). The van der Waals surface area contributed by atoms with Gasteiger partial charge in [-0.3, -0.25) is 0 Å². The lowest BCUT2D eigenvalue weighted by atomic mass is 10.2. The normalized spacial score (nSPS) is 11.1. The third kappa shape index (κ3) is 8.85. The van der Waals surface area contributed by atoms with E-state index in [0.717, 1.165) is 30.8 Å². The number of rotatable bonds is 10. The Hall–Kier alpha value is 0.270. The van der Waals surface area contributed by atoms with E-state index in [2.05, 4.69) is 18.7 Å². The zero-order chi connectivity index (χ0) is 10.6. The average molecular weight is 219 g/mol. The number of hydrogen-bond acceptors (Lipinski definition) is 3. The van der Waals surface area contributed by atoms with E-state index in [4.69, 9.17) is 4.55 Å². The fraction of sp³-hybridized carbons (Fsp3) is 1.00. The first kappa shape index (κ1) is 14.3. The summed E-state index contributed by atoms with van der Waals surface area (Å²) >= 11 is 0.965. The van der Waals surface area contributed by atoms with E-state index in [9.17, 15) is 0 Å². The predicted octanol–water partition coefficient (Wildman–Crippen LogP) is 3.48. The van der Waals surface area contributed by atoms with Crippen molar-refractivity contribution in [1.29, 1.82) is 0 Å². The molecule has 2 nitrogen and oxygen atoms in total. The maximum Gasteiger partial charge on any atom is 0.0207 e. The summed E-state index contributed by atoms with van der Waals surface area (Å²) in [5, 5.41) is 0. The van der Waals surface area contributed by atoms with Crippen molar-refractivity contribution in [2.45, 2.75) is 46.0 Å². The van der Waals surface area contributed by atoms with Crippen LogP contribution in [-0.2, 0) is 0 Å². The Labute approximate surface area is 93.3 Å². The van der Waals surface area contributed by atoms with E-state index >= 15 is 0 Å². The lowest BCUT2D eigenvalue weighted by Crippen LogP contribution is -2.27. The molecule has 86 valence electrons. The van der Waals surface area contributed by atoms with Gasteiger partial charge in [0.2, 0.25) is 0 Å². The minimum atomic E-state index is 0.870. The van der Waals surface area contributed by atoms with Crippen LogP contribution in [0.15, 0.2) is 0 Å². The second-order valence-electron chi connectivity index (χ2n) is 3.74. The molecule has 0 heterocycles. The molecule has 0 saturated carbocycles. The summed E-state index contributed by atoms with van der Waals surface area (Å²) in [7, 11) is 0. The molecule has 14 heavy (non-hydrogen) atoms. The van der Waals surface area contributed by atoms with Crippen molar-refractivity contribution in [3.8, 4) is 0 Å². The quantitative estimate of drug-likeness (QED) is 0.449. The van der Waals surface area contributed by atoms with Gasteiger partial charge < -0.3 is 9.45 Å². The molecule has 0 atom stereocenters. The predicted molar refractivity (Wildman–Crippen MR) is 66.0 cm³/mol. The molecule has 0 aliphatic carbocycles. The Morgan fingerprint density at radius 3 is 1.86 bits per heavy atom. The summed E-state index contributed by atoms with van der Waals surface area (Å²) in [6.07, 6.45) is 6.26. The van der Waals surface area contributed by atoms with Crippen molar-refractivity contribution >= 4 is 12.0 Å². The Balaban J connectivity index is 3.49. The zero-order valence-corrected chi connectivity index (χ0v) is 10.5. The summed E-state index contributed by atoms with van der Waals surface area (Å²) < 4.78 is 8.63. The topological polar surface area (TPSA) is 23.5 Å². The van der Waals surface area contributed by atoms with E-state index in [-0.39, 0.29) is 0 Å². The van der Waals surface area contributed by atoms with Crippen molar-refractivity contribution in [1.82, 2.24) is 4.90 Å². The third-order valence-electron chi connectivity index (χ3n) is 2.37. The van der Waals surface area contributed by atoms with Gasteiger partial charge in [0.1, 0.15) is 0 Å².